The number of hydrogen-bond donors (Lipinski definition) is 1. The number of allylic oxidation sites excluding steroid dienone is 2. The molecule has 0 radical (unpaired) electrons. The SMILES string of the molecule is CCOC(=O)c1sc2nc([C@@H](C)OC(=O)C[C@@H]3C=CCC3)[nH]c(=O)c2c1C. The van der Waals surface area contributed by atoms with E-state index < -0.39 is 12.1 Å². The summed E-state index contributed by atoms with van der Waals surface area (Å²) >= 11 is 1.11. The summed E-state index contributed by atoms with van der Waals surface area (Å²) in [7, 11) is 0. The molecule has 2 heterocycles. The Morgan fingerprint density at radius 2 is 2.22 bits per heavy atom. The quantitative estimate of drug-likeness (QED) is 0.599. The predicted molar refractivity (Wildman–Crippen MR) is 102 cm³/mol. The molecular weight excluding hydrogens is 368 g/mol. The number of carbonyl (C=O) groups excluding carboxylic acids is 2. The molecule has 0 saturated carbocycles. The number of thiophene rings is 1. The monoisotopic (exact) mass is 390 g/mol. The second-order valence-electron chi connectivity index (χ2n) is 6.51. The molecule has 1 N–H and O–H groups in total. The Balaban J connectivity index is 1.82. The highest BCUT2D eigenvalue weighted by Crippen LogP contribution is 2.29. The van der Waals surface area contributed by atoms with Gasteiger partial charge in [-0.05, 0) is 45.1 Å². The number of nitrogens with one attached hydrogen (secondary N) is 1. The molecule has 3 rings (SSSR count). The van der Waals surface area contributed by atoms with Crippen LogP contribution in [0.15, 0.2) is 16.9 Å². The number of esters is 2. The first-order valence-electron chi connectivity index (χ1n) is 8.97. The van der Waals surface area contributed by atoms with Crippen molar-refractivity contribution in [3.8, 4) is 0 Å². The number of aromatic amines is 1. The van der Waals surface area contributed by atoms with Crippen molar-refractivity contribution in [2.75, 3.05) is 6.61 Å². The van der Waals surface area contributed by atoms with Crippen LogP contribution < -0.4 is 5.56 Å². The van der Waals surface area contributed by atoms with Crippen molar-refractivity contribution in [2.24, 2.45) is 5.92 Å². The van der Waals surface area contributed by atoms with Crippen LogP contribution >= 0.6 is 11.3 Å². The molecule has 2 aromatic rings. The lowest BCUT2D eigenvalue weighted by Gasteiger charge is -2.14. The second-order valence-corrected chi connectivity index (χ2v) is 7.51. The molecule has 0 saturated heterocycles. The Kier molecular flexibility index (Phi) is 5.74. The van der Waals surface area contributed by atoms with Crippen LogP contribution in [0.2, 0.25) is 0 Å². The fraction of sp³-hybridized carbons (Fsp3) is 0.474. The van der Waals surface area contributed by atoms with Crippen LogP contribution in [0.4, 0.5) is 0 Å². The second kappa shape index (κ2) is 8.04. The van der Waals surface area contributed by atoms with E-state index >= 15 is 0 Å². The zero-order valence-electron chi connectivity index (χ0n) is 15.5. The molecule has 1 aliphatic rings. The van der Waals surface area contributed by atoms with Gasteiger partial charge in [-0.25, -0.2) is 9.78 Å². The Bertz CT molecular complexity index is 959. The van der Waals surface area contributed by atoms with Crippen molar-refractivity contribution in [1.29, 1.82) is 0 Å². The molecule has 8 heteroatoms. The van der Waals surface area contributed by atoms with Crippen molar-refractivity contribution in [3.05, 3.63) is 38.8 Å². The fourth-order valence-electron chi connectivity index (χ4n) is 3.12. The zero-order valence-corrected chi connectivity index (χ0v) is 16.4. The lowest BCUT2D eigenvalue weighted by atomic mass is 10.1. The number of H-pyrrole nitrogens is 1. The number of hydrogen-bond acceptors (Lipinski definition) is 7. The highest BCUT2D eigenvalue weighted by molar-refractivity contribution is 7.20. The van der Waals surface area contributed by atoms with E-state index in [0.29, 0.717) is 27.1 Å². The van der Waals surface area contributed by atoms with Gasteiger partial charge in [0.1, 0.15) is 9.71 Å². The topological polar surface area (TPSA) is 98.3 Å². The van der Waals surface area contributed by atoms with E-state index in [1.165, 1.54) is 0 Å². The van der Waals surface area contributed by atoms with E-state index in [0.717, 1.165) is 24.2 Å². The average molecular weight is 390 g/mol. The van der Waals surface area contributed by atoms with E-state index in [4.69, 9.17) is 9.47 Å². The average Bonchev–Trinajstić information content (AvgIpc) is 3.22. The van der Waals surface area contributed by atoms with Gasteiger partial charge in [-0.1, -0.05) is 12.2 Å². The standard InChI is InChI=1S/C19H22N2O5S/c1-4-25-19(24)15-10(2)14-17(23)20-16(21-18(14)27-15)11(3)26-13(22)9-12-7-5-6-8-12/h5,7,11-12H,4,6,8-9H2,1-3H3,(H,20,21,23)/t11-,12-/m1/s1. The number of aromatic nitrogens is 2. The summed E-state index contributed by atoms with van der Waals surface area (Å²) in [5, 5.41) is 0.362. The van der Waals surface area contributed by atoms with Gasteiger partial charge in [0, 0.05) is 0 Å². The van der Waals surface area contributed by atoms with Gasteiger partial charge in [0.15, 0.2) is 11.9 Å². The lowest BCUT2D eigenvalue weighted by Crippen LogP contribution is -2.18. The minimum atomic E-state index is -0.687. The first-order valence-corrected chi connectivity index (χ1v) is 9.79. The van der Waals surface area contributed by atoms with E-state index in [2.05, 4.69) is 16.0 Å². The molecule has 0 amide bonds. The maximum absolute atomic E-state index is 12.5. The largest absolute Gasteiger partial charge is 0.462 e. The molecule has 0 unspecified atom stereocenters. The lowest BCUT2D eigenvalue weighted by molar-refractivity contribution is -0.149. The maximum Gasteiger partial charge on any atom is 0.348 e. The van der Waals surface area contributed by atoms with E-state index in [1.807, 2.05) is 6.08 Å². The third kappa shape index (κ3) is 4.10. The molecule has 2 atom stereocenters. The van der Waals surface area contributed by atoms with Crippen LogP contribution in [-0.2, 0) is 14.3 Å². The van der Waals surface area contributed by atoms with Crippen molar-refractivity contribution in [2.45, 2.75) is 46.1 Å². The minimum absolute atomic E-state index is 0.214. The van der Waals surface area contributed by atoms with Crippen LogP contribution in [-0.4, -0.2) is 28.5 Å². The van der Waals surface area contributed by atoms with Gasteiger partial charge in [0.2, 0.25) is 0 Å². The van der Waals surface area contributed by atoms with Crippen molar-refractivity contribution < 1.29 is 19.1 Å². The third-order valence-corrected chi connectivity index (χ3v) is 5.68. The highest BCUT2D eigenvalue weighted by atomic mass is 32.1. The van der Waals surface area contributed by atoms with Crippen LogP contribution in [0.3, 0.4) is 0 Å². The van der Waals surface area contributed by atoms with Gasteiger partial charge < -0.3 is 14.5 Å². The molecule has 0 fully saturated rings. The summed E-state index contributed by atoms with van der Waals surface area (Å²) in [6, 6.07) is 0. The summed E-state index contributed by atoms with van der Waals surface area (Å²) in [5.74, 6) is -0.315. The van der Waals surface area contributed by atoms with Gasteiger partial charge in [-0.3, -0.25) is 9.59 Å². The molecule has 0 aromatic carbocycles. The number of ether oxygens (including phenoxy) is 2. The van der Waals surface area contributed by atoms with Gasteiger partial charge in [-0.2, -0.15) is 0 Å². The number of rotatable bonds is 6. The third-order valence-electron chi connectivity index (χ3n) is 4.51. The Morgan fingerprint density at radius 3 is 2.89 bits per heavy atom. The van der Waals surface area contributed by atoms with Crippen molar-refractivity contribution >= 4 is 33.5 Å². The molecule has 1 aliphatic carbocycles. The molecule has 2 aromatic heterocycles. The number of fused-ring (bicyclic) bond motifs is 1. The van der Waals surface area contributed by atoms with Crippen LogP contribution in [0.1, 0.15) is 60.3 Å². The van der Waals surface area contributed by atoms with E-state index in [-0.39, 0.29) is 29.9 Å². The normalized spacial score (nSPS) is 17.2. The number of carbonyl (C=O) groups is 2. The molecule has 0 bridgehead atoms. The van der Waals surface area contributed by atoms with Gasteiger partial charge >= 0.3 is 11.9 Å². The first-order chi connectivity index (χ1) is 12.9. The molecule has 7 nitrogen and oxygen atoms in total. The predicted octanol–water partition coefficient (Wildman–Crippen LogP) is 3.43. The summed E-state index contributed by atoms with van der Waals surface area (Å²) in [5.41, 5.74) is 0.187. The minimum Gasteiger partial charge on any atom is -0.462 e. The summed E-state index contributed by atoms with van der Waals surface area (Å²) in [4.78, 5) is 44.5. The Morgan fingerprint density at radius 1 is 1.44 bits per heavy atom. The molecule has 0 spiro atoms. The van der Waals surface area contributed by atoms with Crippen LogP contribution in [0.5, 0.6) is 0 Å². The zero-order chi connectivity index (χ0) is 19.6. The smallest absolute Gasteiger partial charge is 0.348 e. The van der Waals surface area contributed by atoms with E-state index in [9.17, 15) is 14.4 Å². The summed E-state index contributed by atoms with van der Waals surface area (Å²) in [6.07, 6.45) is 5.67. The molecular formula is C19H22N2O5S. The summed E-state index contributed by atoms with van der Waals surface area (Å²) < 4.78 is 10.5. The fourth-order valence-corrected chi connectivity index (χ4v) is 4.21. The van der Waals surface area contributed by atoms with Gasteiger partial charge in [-0.15, -0.1) is 11.3 Å². The molecule has 144 valence electrons. The molecule has 27 heavy (non-hydrogen) atoms. The van der Waals surface area contributed by atoms with Crippen LogP contribution in [0, 0.1) is 12.8 Å². The van der Waals surface area contributed by atoms with Crippen molar-refractivity contribution in [3.63, 3.8) is 0 Å². The van der Waals surface area contributed by atoms with Crippen molar-refractivity contribution in [1.82, 2.24) is 9.97 Å². The number of nitrogens with zero attached hydrogens (tertiary/aromatic N) is 1. The highest BCUT2D eigenvalue weighted by Gasteiger charge is 2.23. The number of aryl methyl sites for hydroxylation is 1. The summed E-state index contributed by atoms with van der Waals surface area (Å²) in [6.45, 7) is 5.34. The first kappa shape index (κ1) is 19.3. The maximum atomic E-state index is 12.5. The van der Waals surface area contributed by atoms with Gasteiger partial charge in [0.25, 0.3) is 5.56 Å². The Hall–Kier alpha value is -2.48. The van der Waals surface area contributed by atoms with Crippen LogP contribution in [0.25, 0.3) is 10.2 Å². The molecule has 0 aliphatic heterocycles. The Labute approximate surface area is 160 Å². The van der Waals surface area contributed by atoms with E-state index in [1.54, 1.807) is 20.8 Å². The van der Waals surface area contributed by atoms with Gasteiger partial charge in [0.05, 0.1) is 18.4 Å².